The quantitative estimate of drug-likeness (QED) is 0.920. The van der Waals surface area contributed by atoms with Gasteiger partial charge in [0, 0.05) is 0 Å². The molecule has 0 unspecified atom stereocenters. The molecular formula is C9H5Cl2F3O4S. The van der Waals surface area contributed by atoms with Crippen LogP contribution in [0.5, 0.6) is 0 Å². The highest BCUT2D eigenvalue weighted by Gasteiger charge is 2.37. The van der Waals surface area contributed by atoms with Crippen LogP contribution in [0.15, 0.2) is 17.0 Å². The lowest BCUT2D eigenvalue weighted by Crippen LogP contribution is -2.23. The van der Waals surface area contributed by atoms with E-state index in [9.17, 15) is 26.4 Å². The number of hydrogen-bond acceptors (Lipinski definition) is 3. The predicted molar refractivity (Wildman–Crippen MR) is 61.5 cm³/mol. The Bertz CT molecular complexity index is 625. The monoisotopic (exact) mass is 336 g/mol. The van der Waals surface area contributed by atoms with Gasteiger partial charge in [0.25, 0.3) is 0 Å². The summed E-state index contributed by atoms with van der Waals surface area (Å²) in [6, 6.07) is 1.28. The van der Waals surface area contributed by atoms with Gasteiger partial charge in [-0.2, -0.15) is 13.2 Å². The molecule has 0 aliphatic heterocycles. The SMILES string of the molecule is O=C(O)c1cc(S(=O)(=O)CC(F)(F)F)c(Cl)cc1Cl. The fraction of sp³-hybridized carbons (Fsp3) is 0.222. The molecule has 0 aromatic heterocycles. The van der Waals surface area contributed by atoms with E-state index in [0.29, 0.717) is 6.07 Å². The number of carboxylic acids is 1. The third-order valence-corrected chi connectivity index (χ3v) is 4.39. The highest BCUT2D eigenvalue weighted by Crippen LogP contribution is 2.31. The second kappa shape index (κ2) is 5.18. The zero-order valence-electron chi connectivity index (χ0n) is 8.83. The third kappa shape index (κ3) is 3.99. The maximum atomic E-state index is 12.1. The van der Waals surface area contributed by atoms with E-state index in [1.165, 1.54) is 0 Å². The van der Waals surface area contributed by atoms with Crippen molar-refractivity contribution in [3.8, 4) is 0 Å². The van der Waals surface area contributed by atoms with Crippen molar-refractivity contribution in [2.75, 3.05) is 5.75 Å². The van der Waals surface area contributed by atoms with Crippen molar-refractivity contribution in [3.63, 3.8) is 0 Å². The molecule has 1 aromatic rings. The van der Waals surface area contributed by atoms with E-state index in [1.54, 1.807) is 0 Å². The van der Waals surface area contributed by atoms with Gasteiger partial charge in [0.05, 0.1) is 20.5 Å². The summed E-state index contributed by atoms with van der Waals surface area (Å²) in [5, 5.41) is 7.79. The van der Waals surface area contributed by atoms with Gasteiger partial charge in [-0.15, -0.1) is 0 Å². The summed E-state index contributed by atoms with van der Waals surface area (Å²) in [4.78, 5) is 9.83. The number of hydrogen-bond donors (Lipinski definition) is 1. The van der Waals surface area contributed by atoms with E-state index in [1.807, 2.05) is 0 Å². The van der Waals surface area contributed by atoms with Crippen molar-refractivity contribution < 1.29 is 31.5 Å². The Morgan fingerprint density at radius 3 is 2.16 bits per heavy atom. The van der Waals surface area contributed by atoms with Crippen molar-refractivity contribution in [2.24, 2.45) is 0 Å². The van der Waals surface area contributed by atoms with Gasteiger partial charge in [0.2, 0.25) is 0 Å². The lowest BCUT2D eigenvalue weighted by atomic mass is 10.2. The lowest BCUT2D eigenvalue weighted by Gasteiger charge is -2.10. The summed E-state index contributed by atoms with van der Waals surface area (Å²) in [5.41, 5.74) is -0.646. The maximum absolute atomic E-state index is 12.1. The molecule has 0 heterocycles. The number of alkyl halides is 3. The van der Waals surface area contributed by atoms with E-state index in [2.05, 4.69) is 0 Å². The first-order chi connectivity index (χ1) is 8.44. The van der Waals surface area contributed by atoms with Crippen LogP contribution in [0.3, 0.4) is 0 Å². The first-order valence-corrected chi connectivity index (χ1v) is 6.87. The number of benzene rings is 1. The van der Waals surface area contributed by atoms with E-state index in [4.69, 9.17) is 28.3 Å². The molecule has 19 heavy (non-hydrogen) atoms. The second-order valence-electron chi connectivity index (χ2n) is 3.44. The Hall–Kier alpha value is -0.990. The van der Waals surface area contributed by atoms with Crippen LogP contribution in [0.25, 0.3) is 0 Å². The van der Waals surface area contributed by atoms with Gasteiger partial charge < -0.3 is 5.11 Å². The number of rotatable bonds is 3. The van der Waals surface area contributed by atoms with Gasteiger partial charge in [-0.1, -0.05) is 23.2 Å². The first-order valence-electron chi connectivity index (χ1n) is 4.46. The Labute approximate surface area is 115 Å². The number of sulfone groups is 1. The Morgan fingerprint density at radius 2 is 1.74 bits per heavy atom. The topological polar surface area (TPSA) is 71.4 Å². The first kappa shape index (κ1) is 16.1. The summed E-state index contributed by atoms with van der Waals surface area (Å²) in [6.07, 6.45) is -4.97. The fourth-order valence-corrected chi connectivity index (χ4v) is 3.28. The zero-order valence-corrected chi connectivity index (χ0v) is 11.2. The molecule has 0 bridgehead atoms. The Balaban J connectivity index is 3.43. The second-order valence-corrected chi connectivity index (χ2v) is 6.21. The van der Waals surface area contributed by atoms with Crippen LogP contribution in [0.4, 0.5) is 13.2 Å². The molecular weight excluding hydrogens is 332 g/mol. The van der Waals surface area contributed by atoms with Gasteiger partial charge in [0.15, 0.2) is 15.6 Å². The van der Waals surface area contributed by atoms with Crippen molar-refractivity contribution in [1.29, 1.82) is 0 Å². The number of carboxylic acid groups (broad SMARTS) is 1. The molecule has 0 fully saturated rings. The maximum Gasteiger partial charge on any atom is 0.403 e. The van der Waals surface area contributed by atoms with E-state index in [-0.39, 0.29) is 5.02 Å². The summed E-state index contributed by atoms with van der Waals surface area (Å²) in [5.74, 6) is -3.72. The van der Waals surface area contributed by atoms with Gasteiger partial charge in [-0.3, -0.25) is 0 Å². The van der Waals surface area contributed by atoms with Crippen molar-refractivity contribution in [1.82, 2.24) is 0 Å². The number of aromatic carboxylic acids is 1. The van der Waals surface area contributed by atoms with Crippen molar-refractivity contribution in [3.05, 3.63) is 27.7 Å². The van der Waals surface area contributed by atoms with Crippen LogP contribution < -0.4 is 0 Å². The molecule has 0 aliphatic rings. The Kier molecular flexibility index (Phi) is 4.38. The van der Waals surface area contributed by atoms with E-state index >= 15 is 0 Å². The molecule has 0 radical (unpaired) electrons. The molecule has 0 saturated carbocycles. The van der Waals surface area contributed by atoms with Gasteiger partial charge in [-0.25, -0.2) is 13.2 Å². The molecule has 1 aromatic carbocycles. The standard InChI is InChI=1S/C9H5Cl2F3O4S/c10-5-2-6(11)7(1-4(5)8(15)16)19(17,18)3-9(12,13)14/h1-2H,3H2,(H,15,16). The smallest absolute Gasteiger partial charge is 0.403 e. The average molecular weight is 337 g/mol. The predicted octanol–water partition coefficient (Wildman–Crippen LogP) is 3.03. The van der Waals surface area contributed by atoms with Gasteiger partial charge >= 0.3 is 12.1 Å². The number of carbonyl (C=O) groups is 1. The third-order valence-electron chi connectivity index (χ3n) is 1.94. The highest BCUT2D eigenvalue weighted by atomic mass is 35.5. The van der Waals surface area contributed by atoms with Crippen LogP contribution in [0.1, 0.15) is 10.4 Å². The molecule has 0 atom stereocenters. The summed E-state index contributed by atoms with van der Waals surface area (Å²) >= 11 is 11.0. The minimum absolute atomic E-state index is 0.372. The average Bonchev–Trinajstić information content (AvgIpc) is 2.11. The van der Waals surface area contributed by atoms with Crippen LogP contribution in [-0.4, -0.2) is 31.4 Å². The summed E-state index contributed by atoms with van der Waals surface area (Å²) in [6.45, 7) is 0. The zero-order chi connectivity index (χ0) is 15.0. The van der Waals surface area contributed by atoms with Crippen molar-refractivity contribution in [2.45, 2.75) is 11.1 Å². The molecule has 0 spiro atoms. The molecule has 10 heteroatoms. The molecule has 4 nitrogen and oxygen atoms in total. The van der Waals surface area contributed by atoms with E-state index < -0.39 is 43.2 Å². The highest BCUT2D eigenvalue weighted by molar-refractivity contribution is 7.91. The van der Waals surface area contributed by atoms with Gasteiger partial charge in [-0.05, 0) is 12.1 Å². The molecule has 0 aliphatic carbocycles. The van der Waals surface area contributed by atoms with Crippen molar-refractivity contribution >= 4 is 39.0 Å². The minimum Gasteiger partial charge on any atom is -0.478 e. The van der Waals surface area contributed by atoms with Crippen LogP contribution in [0, 0.1) is 0 Å². The normalized spacial score (nSPS) is 12.5. The van der Waals surface area contributed by atoms with E-state index in [0.717, 1.165) is 6.07 Å². The minimum atomic E-state index is -4.97. The molecule has 1 N–H and O–H groups in total. The number of halogens is 5. The lowest BCUT2D eigenvalue weighted by molar-refractivity contribution is -0.106. The molecule has 1 rings (SSSR count). The van der Waals surface area contributed by atoms with Crippen LogP contribution in [-0.2, 0) is 9.84 Å². The molecule has 0 saturated heterocycles. The summed E-state index contributed by atoms with van der Waals surface area (Å²) in [7, 11) is -4.80. The molecule has 0 amide bonds. The van der Waals surface area contributed by atoms with Gasteiger partial charge in [0.1, 0.15) is 0 Å². The van der Waals surface area contributed by atoms with Crippen LogP contribution >= 0.6 is 23.2 Å². The van der Waals surface area contributed by atoms with Crippen LogP contribution in [0.2, 0.25) is 10.0 Å². The molecule has 106 valence electrons. The summed E-state index contributed by atoms with van der Waals surface area (Å²) < 4.78 is 59.5. The fourth-order valence-electron chi connectivity index (χ4n) is 1.22. The Morgan fingerprint density at radius 1 is 1.21 bits per heavy atom. The largest absolute Gasteiger partial charge is 0.478 e.